The number of aromatic nitrogens is 1. The molecule has 0 fully saturated rings. The zero-order valence-corrected chi connectivity index (χ0v) is 11.3. The molecule has 2 N–H and O–H groups in total. The smallest absolute Gasteiger partial charge is 0.336 e. The number of aromatic carboxylic acids is 1. The van der Waals surface area contributed by atoms with Gasteiger partial charge in [-0.2, -0.15) is 0 Å². The van der Waals surface area contributed by atoms with Gasteiger partial charge in [0.15, 0.2) is 0 Å². The fraction of sp³-hybridized carbons (Fsp3) is 0.133. The van der Waals surface area contributed by atoms with E-state index in [1.54, 1.807) is 6.92 Å². The summed E-state index contributed by atoms with van der Waals surface area (Å²) in [4.78, 5) is 26.6. The summed E-state index contributed by atoms with van der Waals surface area (Å²) in [7, 11) is 0. The molecule has 0 radical (unpaired) electrons. The van der Waals surface area contributed by atoms with Crippen molar-refractivity contribution in [3.8, 4) is 11.1 Å². The van der Waals surface area contributed by atoms with E-state index in [9.17, 15) is 14.0 Å². The molecular formula is C15H13FN2O3. The van der Waals surface area contributed by atoms with E-state index < -0.39 is 17.7 Å². The number of hydrogen-bond acceptors (Lipinski definition) is 3. The monoisotopic (exact) mass is 288 g/mol. The van der Waals surface area contributed by atoms with Gasteiger partial charge >= 0.3 is 5.97 Å². The van der Waals surface area contributed by atoms with Crippen LogP contribution in [0.25, 0.3) is 11.1 Å². The molecule has 0 unspecified atom stereocenters. The van der Waals surface area contributed by atoms with Crippen LogP contribution in [-0.2, 0) is 0 Å². The van der Waals surface area contributed by atoms with Gasteiger partial charge in [-0.3, -0.25) is 9.78 Å². The lowest BCUT2D eigenvalue weighted by Crippen LogP contribution is -2.23. The molecule has 21 heavy (non-hydrogen) atoms. The fourth-order valence-corrected chi connectivity index (χ4v) is 1.93. The van der Waals surface area contributed by atoms with Crippen LogP contribution in [0.3, 0.4) is 0 Å². The Bertz CT molecular complexity index is 701. The van der Waals surface area contributed by atoms with E-state index in [-0.39, 0.29) is 11.1 Å². The van der Waals surface area contributed by atoms with Gasteiger partial charge in [0.25, 0.3) is 5.91 Å². The van der Waals surface area contributed by atoms with Crippen LogP contribution in [0.1, 0.15) is 27.6 Å². The predicted molar refractivity (Wildman–Crippen MR) is 74.6 cm³/mol. The molecule has 0 aliphatic rings. The van der Waals surface area contributed by atoms with Crippen molar-refractivity contribution >= 4 is 11.9 Å². The highest BCUT2D eigenvalue weighted by Gasteiger charge is 2.15. The first-order chi connectivity index (χ1) is 10.0. The molecular weight excluding hydrogens is 275 g/mol. The van der Waals surface area contributed by atoms with Crippen molar-refractivity contribution < 1.29 is 19.1 Å². The lowest BCUT2D eigenvalue weighted by atomic mass is 10.0. The maximum absolute atomic E-state index is 14.0. The number of nitrogens with one attached hydrogen (secondary N) is 1. The van der Waals surface area contributed by atoms with E-state index >= 15 is 0 Å². The standard InChI is InChI=1S/C15H13FN2O3/c1-2-18-14(19)11-4-3-9(7-13(11)16)12-8-17-6-5-10(12)15(20)21/h3-8H,2H2,1H3,(H,18,19)(H,20,21). The average Bonchev–Trinajstić information content (AvgIpc) is 2.47. The molecule has 5 nitrogen and oxygen atoms in total. The van der Waals surface area contributed by atoms with Crippen molar-refractivity contribution in [2.75, 3.05) is 6.54 Å². The average molecular weight is 288 g/mol. The van der Waals surface area contributed by atoms with E-state index in [0.717, 1.165) is 6.07 Å². The van der Waals surface area contributed by atoms with Crippen LogP contribution in [0.15, 0.2) is 36.7 Å². The molecule has 1 heterocycles. The van der Waals surface area contributed by atoms with Gasteiger partial charge in [0.05, 0.1) is 11.1 Å². The van der Waals surface area contributed by atoms with E-state index in [1.807, 2.05) is 0 Å². The van der Waals surface area contributed by atoms with Crippen LogP contribution in [0, 0.1) is 5.82 Å². The third-order valence-corrected chi connectivity index (χ3v) is 2.91. The first-order valence-electron chi connectivity index (χ1n) is 6.30. The number of carbonyl (C=O) groups is 2. The quantitative estimate of drug-likeness (QED) is 0.905. The summed E-state index contributed by atoms with van der Waals surface area (Å²) in [5, 5.41) is 11.6. The second-order valence-electron chi connectivity index (χ2n) is 4.28. The summed E-state index contributed by atoms with van der Waals surface area (Å²) < 4.78 is 14.0. The van der Waals surface area contributed by atoms with Gasteiger partial charge in [0, 0.05) is 24.5 Å². The van der Waals surface area contributed by atoms with Crippen molar-refractivity contribution in [3.05, 3.63) is 53.6 Å². The van der Waals surface area contributed by atoms with Crippen LogP contribution < -0.4 is 5.32 Å². The maximum Gasteiger partial charge on any atom is 0.336 e. The van der Waals surface area contributed by atoms with Gasteiger partial charge in [-0.25, -0.2) is 9.18 Å². The summed E-state index contributed by atoms with van der Waals surface area (Å²) in [5.74, 6) is -2.34. The minimum Gasteiger partial charge on any atom is -0.478 e. The van der Waals surface area contributed by atoms with E-state index in [1.165, 1.54) is 30.6 Å². The van der Waals surface area contributed by atoms with E-state index in [2.05, 4.69) is 10.3 Å². The predicted octanol–water partition coefficient (Wildman–Crippen LogP) is 2.34. The number of rotatable bonds is 4. The summed E-state index contributed by atoms with van der Waals surface area (Å²) in [6.07, 6.45) is 2.70. The van der Waals surface area contributed by atoms with Crippen LogP contribution in [0.4, 0.5) is 4.39 Å². The summed E-state index contributed by atoms with van der Waals surface area (Å²) in [5.41, 5.74) is 0.592. The van der Waals surface area contributed by atoms with Crippen LogP contribution >= 0.6 is 0 Å². The van der Waals surface area contributed by atoms with E-state index in [4.69, 9.17) is 5.11 Å². The number of pyridine rings is 1. The molecule has 0 aliphatic heterocycles. The largest absolute Gasteiger partial charge is 0.478 e. The number of hydrogen-bond donors (Lipinski definition) is 2. The van der Waals surface area contributed by atoms with Crippen molar-refractivity contribution in [2.45, 2.75) is 6.92 Å². The zero-order chi connectivity index (χ0) is 15.4. The van der Waals surface area contributed by atoms with Crippen molar-refractivity contribution in [1.29, 1.82) is 0 Å². The molecule has 1 aromatic carbocycles. The van der Waals surface area contributed by atoms with Gasteiger partial charge in [0.1, 0.15) is 5.82 Å². The van der Waals surface area contributed by atoms with Crippen LogP contribution in [0.5, 0.6) is 0 Å². The highest BCUT2D eigenvalue weighted by Crippen LogP contribution is 2.25. The first kappa shape index (κ1) is 14.6. The minimum absolute atomic E-state index is 0.0233. The van der Waals surface area contributed by atoms with Gasteiger partial charge < -0.3 is 10.4 Å². The second-order valence-corrected chi connectivity index (χ2v) is 4.28. The third-order valence-electron chi connectivity index (χ3n) is 2.91. The second kappa shape index (κ2) is 6.13. The Morgan fingerprint density at radius 1 is 1.29 bits per heavy atom. The topological polar surface area (TPSA) is 79.3 Å². The molecule has 0 saturated heterocycles. The molecule has 1 amide bonds. The first-order valence-corrected chi connectivity index (χ1v) is 6.30. The molecule has 108 valence electrons. The maximum atomic E-state index is 14.0. The lowest BCUT2D eigenvalue weighted by molar-refractivity contribution is 0.0697. The van der Waals surface area contributed by atoms with Gasteiger partial charge in [-0.05, 0) is 30.7 Å². The number of amides is 1. The Balaban J connectivity index is 2.46. The Morgan fingerprint density at radius 2 is 2.05 bits per heavy atom. The molecule has 0 aliphatic carbocycles. The Kier molecular flexibility index (Phi) is 4.27. The zero-order valence-electron chi connectivity index (χ0n) is 11.3. The molecule has 0 bridgehead atoms. The normalized spacial score (nSPS) is 10.2. The van der Waals surface area contributed by atoms with Crippen LogP contribution in [0.2, 0.25) is 0 Å². The molecule has 6 heteroatoms. The SMILES string of the molecule is CCNC(=O)c1ccc(-c2cnccc2C(=O)O)cc1F. The number of carbonyl (C=O) groups excluding carboxylic acids is 1. The Labute approximate surface area is 120 Å². The number of benzene rings is 1. The minimum atomic E-state index is -1.12. The van der Waals surface area contributed by atoms with E-state index in [0.29, 0.717) is 17.7 Å². The van der Waals surface area contributed by atoms with Gasteiger partial charge in [-0.15, -0.1) is 0 Å². The highest BCUT2D eigenvalue weighted by atomic mass is 19.1. The highest BCUT2D eigenvalue weighted by molar-refractivity contribution is 5.97. The summed E-state index contributed by atoms with van der Waals surface area (Å²) >= 11 is 0. The van der Waals surface area contributed by atoms with Gasteiger partial charge in [0.2, 0.25) is 0 Å². The van der Waals surface area contributed by atoms with Crippen molar-refractivity contribution in [1.82, 2.24) is 10.3 Å². The fourth-order valence-electron chi connectivity index (χ4n) is 1.93. The number of carboxylic acids is 1. The molecule has 0 spiro atoms. The molecule has 2 rings (SSSR count). The molecule has 2 aromatic rings. The number of nitrogens with zero attached hydrogens (tertiary/aromatic N) is 1. The van der Waals surface area contributed by atoms with Crippen LogP contribution in [-0.4, -0.2) is 28.5 Å². The van der Waals surface area contributed by atoms with Crippen molar-refractivity contribution in [2.24, 2.45) is 0 Å². The Morgan fingerprint density at radius 3 is 2.67 bits per heavy atom. The van der Waals surface area contributed by atoms with Gasteiger partial charge in [-0.1, -0.05) is 6.07 Å². The number of carboxylic acid groups (broad SMARTS) is 1. The third kappa shape index (κ3) is 3.05. The van der Waals surface area contributed by atoms with Crippen molar-refractivity contribution in [3.63, 3.8) is 0 Å². The molecule has 0 atom stereocenters. The number of halogens is 1. The molecule has 1 aromatic heterocycles. The summed E-state index contributed by atoms with van der Waals surface area (Å²) in [6, 6.07) is 5.30. The Hall–Kier alpha value is -2.76. The molecule has 0 saturated carbocycles. The summed E-state index contributed by atoms with van der Waals surface area (Å²) in [6.45, 7) is 2.13. The lowest BCUT2D eigenvalue weighted by Gasteiger charge is -2.08.